The summed E-state index contributed by atoms with van der Waals surface area (Å²) in [5.74, 6) is 1.75. The Morgan fingerprint density at radius 2 is 1.88 bits per heavy atom. The first-order valence-corrected chi connectivity index (χ1v) is 9.17. The molecular weight excluding hydrogens is 310 g/mol. The Hall–Kier alpha value is -2.36. The number of amides is 1. The molecule has 1 amide bonds. The van der Waals surface area contributed by atoms with Crippen LogP contribution in [0.3, 0.4) is 0 Å². The highest BCUT2D eigenvalue weighted by Gasteiger charge is 2.20. The van der Waals surface area contributed by atoms with Gasteiger partial charge in [0.15, 0.2) is 0 Å². The molecule has 2 heterocycles. The molecule has 4 nitrogen and oxygen atoms in total. The monoisotopic (exact) mass is 337 g/mol. The number of nitrogens with one attached hydrogen (secondary N) is 1. The Bertz CT molecular complexity index is 674. The molecule has 0 bridgehead atoms. The fourth-order valence-electron chi connectivity index (χ4n) is 3.25. The summed E-state index contributed by atoms with van der Waals surface area (Å²) in [4.78, 5) is 18.6. The highest BCUT2D eigenvalue weighted by molar-refractivity contribution is 5.91. The van der Waals surface area contributed by atoms with Gasteiger partial charge in [0.1, 0.15) is 5.82 Å². The SMILES string of the molecule is CC(C)C(=O)Nc1ccc(N2CCC(Cc3ccccc3)CC2)nc1. The summed E-state index contributed by atoms with van der Waals surface area (Å²) in [7, 11) is 0. The lowest BCUT2D eigenvalue weighted by Crippen LogP contribution is -2.34. The molecule has 1 aliphatic rings. The van der Waals surface area contributed by atoms with E-state index in [2.05, 4.69) is 45.5 Å². The highest BCUT2D eigenvalue weighted by atomic mass is 16.1. The van der Waals surface area contributed by atoms with Crippen molar-refractivity contribution in [2.75, 3.05) is 23.3 Å². The van der Waals surface area contributed by atoms with Crippen molar-refractivity contribution in [3.63, 3.8) is 0 Å². The van der Waals surface area contributed by atoms with Crippen molar-refractivity contribution in [2.24, 2.45) is 11.8 Å². The third-order valence-corrected chi connectivity index (χ3v) is 4.85. The molecule has 1 aromatic carbocycles. The van der Waals surface area contributed by atoms with Gasteiger partial charge in [0.2, 0.25) is 5.91 Å². The number of hydrogen-bond acceptors (Lipinski definition) is 3. The van der Waals surface area contributed by atoms with Crippen molar-refractivity contribution in [2.45, 2.75) is 33.1 Å². The van der Waals surface area contributed by atoms with E-state index in [4.69, 9.17) is 0 Å². The van der Waals surface area contributed by atoms with Gasteiger partial charge in [-0.25, -0.2) is 4.98 Å². The van der Waals surface area contributed by atoms with Gasteiger partial charge in [-0.1, -0.05) is 44.2 Å². The number of hydrogen-bond donors (Lipinski definition) is 1. The van der Waals surface area contributed by atoms with E-state index >= 15 is 0 Å². The topological polar surface area (TPSA) is 45.2 Å². The zero-order valence-electron chi connectivity index (χ0n) is 15.1. The smallest absolute Gasteiger partial charge is 0.226 e. The number of aromatic nitrogens is 1. The van der Waals surface area contributed by atoms with Crippen LogP contribution in [0.1, 0.15) is 32.3 Å². The van der Waals surface area contributed by atoms with Crippen LogP contribution in [0, 0.1) is 11.8 Å². The van der Waals surface area contributed by atoms with Crippen molar-refractivity contribution >= 4 is 17.4 Å². The minimum Gasteiger partial charge on any atom is -0.357 e. The molecule has 3 rings (SSSR count). The number of rotatable bonds is 5. The highest BCUT2D eigenvalue weighted by Crippen LogP contribution is 2.25. The number of pyridine rings is 1. The fraction of sp³-hybridized carbons (Fsp3) is 0.429. The van der Waals surface area contributed by atoms with E-state index in [1.165, 1.54) is 24.8 Å². The van der Waals surface area contributed by atoms with Crippen LogP contribution in [-0.2, 0) is 11.2 Å². The molecule has 0 atom stereocenters. The van der Waals surface area contributed by atoms with Gasteiger partial charge in [-0.05, 0) is 42.9 Å². The number of anilines is 2. The maximum absolute atomic E-state index is 11.7. The molecule has 1 fully saturated rings. The molecule has 132 valence electrons. The Kier molecular flexibility index (Phi) is 5.69. The molecule has 1 aliphatic heterocycles. The molecule has 0 radical (unpaired) electrons. The lowest BCUT2D eigenvalue weighted by molar-refractivity contribution is -0.118. The fourth-order valence-corrected chi connectivity index (χ4v) is 3.25. The Morgan fingerprint density at radius 3 is 2.48 bits per heavy atom. The Labute approximate surface area is 150 Å². The summed E-state index contributed by atoms with van der Waals surface area (Å²) in [5.41, 5.74) is 2.20. The average molecular weight is 337 g/mol. The van der Waals surface area contributed by atoms with Crippen molar-refractivity contribution in [1.29, 1.82) is 0 Å². The summed E-state index contributed by atoms with van der Waals surface area (Å²) in [5, 5.41) is 2.89. The molecule has 0 spiro atoms. The zero-order valence-corrected chi connectivity index (χ0v) is 15.1. The summed E-state index contributed by atoms with van der Waals surface area (Å²) in [6.07, 6.45) is 5.32. The van der Waals surface area contributed by atoms with Gasteiger partial charge in [0.05, 0.1) is 11.9 Å². The predicted molar refractivity (Wildman–Crippen MR) is 103 cm³/mol. The first-order valence-electron chi connectivity index (χ1n) is 9.17. The van der Waals surface area contributed by atoms with Gasteiger partial charge in [-0.15, -0.1) is 0 Å². The lowest BCUT2D eigenvalue weighted by Gasteiger charge is -2.33. The van der Waals surface area contributed by atoms with E-state index < -0.39 is 0 Å². The molecular formula is C21H27N3O. The van der Waals surface area contributed by atoms with Crippen LogP contribution in [0.25, 0.3) is 0 Å². The standard InChI is InChI=1S/C21H27N3O/c1-16(2)21(25)23-19-8-9-20(22-15-19)24-12-10-18(11-13-24)14-17-6-4-3-5-7-17/h3-9,15-16,18H,10-14H2,1-2H3,(H,23,25). The first-order chi connectivity index (χ1) is 12.1. The summed E-state index contributed by atoms with van der Waals surface area (Å²) in [6.45, 7) is 5.86. The second-order valence-electron chi connectivity index (χ2n) is 7.17. The van der Waals surface area contributed by atoms with E-state index in [0.29, 0.717) is 0 Å². The van der Waals surface area contributed by atoms with Crippen molar-refractivity contribution in [1.82, 2.24) is 4.98 Å². The van der Waals surface area contributed by atoms with Gasteiger partial charge in [0.25, 0.3) is 0 Å². The van der Waals surface area contributed by atoms with Gasteiger partial charge < -0.3 is 10.2 Å². The van der Waals surface area contributed by atoms with Gasteiger partial charge in [-0.2, -0.15) is 0 Å². The molecule has 1 saturated heterocycles. The Morgan fingerprint density at radius 1 is 1.16 bits per heavy atom. The van der Waals surface area contributed by atoms with Crippen molar-refractivity contribution in [3.8, 4) is 0 Å². The second kappa shape index (κ2) is 8.15. The third-order valence-electron chi connectivity index (χ3n) is 4.85. The second-order valence-corrected chi connectivity index (χ2v) is 7.17. The average Bonchev–Trinajstić information content (AvgIpc) is 2.64. The van der Waals surface area contributed by atoms with Crippen LogP contribution in [0.4, 0.5) is 11.5 Å². The number of benzene rings is 1. The summed E-state index contributed by atoms with van der Waals surface area (Å²) < 4.78 is 0. The zero-order chi connectivity index (χ0) is 17.6. The van der Waals surface area contributed by atoms with E-state index in [9.17, 15) is 4.79 Å². The summed E-state index contributed by atoms with van der Waals surface area (Å²) >= 11 is 0. The Balaban J connectivity index is 1.51. The third kappa shape index (κ3) is 4.81. The lowest BCUT2D eigenvalue weighted by atomic mass is 9.90. The number of carbonyl (C=O) groups is 1. The van der Waals surface area contributed by atoms with E-state index in [-0.39, 0.29) is 11.8 Å². The van der Waals surface area contributed by atoms with Crippen LogP contribution < -0.4 is 10.2 Å². The predicted octanol–water partition coefficient (Wildman–Crippen LogP) is 4.14. The molecule has 4 heteroatoms. The minimum absolute atomic E-state index is 0.0243. The molecule has 1 aromatic heterocycles. The van der Waals surface area contributed by atoms with Crippen LogP contribution in [-0.4, -0.2) is 24.0 Å². The van der Waals surface area contributed by atoms with Crippen LogP contribution in [0.2, 0.25) is 0 Å². The molecule has 25 heavy (non-hydrogen) atoms. The van der Waals surface area contributed by atoms with Gasteiger partial charge in [0, 0.05) is 19.0 Å². The number of piperidine rings is 1. The maximum Gasteiger partial charge on any atom is 0.226 e. The molecule has 2 aromatic rings. The number of nitrogens with zero attached hydrogens (tertiary/aromatic N) is 2. The normalized spacial score (nSPS) is 15.4. The van der Waals surface area contributed by atoms with Crippen LogP contribution in [0.15, 0.2) is 48.7 Å². The largest absolute Gasteiger partial charge is 0.357 e. The minimum atomic E-state index is -0.0247. The van der Waals surface area contributed by atoms with E-state index in [1.807, 2.05) is 26.0 Å². The van der Waals surface area contributed by atoms with Crippen LogP contribution in [0.5, 0.6) is 0 Å². The maximum atomic E-state index is 11.7. The van der Waals surface area contributed by atoms with Crippen LogP contribution >= 0.6 is 0 Å². The molecule has 0 saturated carbocycles. The van der Waals surface area contributed by atoms with E-state index in [0.717, 1.165) is 30.5 Å². The quantitative estimate of drug-likeness (QED) is 0.892. The molecule has 0 aliphatic carbocycles. The first kappa shape index (κ1) is 17.5. The van der Waals surface area contributed by atoms with Crippen molar-refractivity contribution in [3.05, 3.63) is 54.2 Å². The van der Waals surface area contributed by atoms with E-state index in [1.54, 1.807) is 6.20 Å². The summed E-state index contributed by atoms with van der Waals surface area (Å²) in [6, 6.07) is 14.7. The molecule has 1 N–H and O–H groups in total. The molecule has 0 unspecified atom stereocenters. The number of carbonyl (C=O) groups excluding carboxylic acids is 1. The van der Waals surface area contributed by atoms with Gasteiger partial charge >= 0.3 is 0 Å². The van der Waals surface area contributed by atoms with Crippen molar-refractivity contribution < 1.29 is 4.79 Å². The van der Waals surface area contributed by atoms with Gasteiger partial charge in [-0.3, -0.25) is 4.79 Å².